The Kier molecular flexibility index (Phi) is 15.0. The van der Waals surface area contributed by atoms with Crippen LogP contribution in [0.5, 0.6) is 11.5 Å². The van der Waals surface area contributed by atoms with Crippen LogP contribution >= 0.6 is 7.92 Å². The Morgan fingerprint density at radius 2 is 1.36 bits per heavy atom. The van der Waals surface area contributed by atoms with Crippen molar-refractivity contribution >= 4 is 13.4 Å². The number of hydrogen-bond acceptors (Lipinski definition) is 3. The highest BCUT2D eigenvalue weighted by Gasteiger charge is 2.28. The Morgan fingerprint density at radius 3 is 1.82 bits per heavy atom. The monoisotopic (exact) mass is 478 g/mol. The van der Waals surface area contributed by atoms with Crippen molar-refractivity contribution < 1.29 is 14.3 Å². The fourth-order valence-corrected chi connectivity index (χ4v) is 7.35. The van der Waals surface area contributed by atoms with E-state index in [-0.39, 0.29) is 10.9 Å². The molecule has 190 valence electrons. The third-order valence-corrected chi connectivity index (χ3v) is 8.92. The fourth-order valence-electron chi connectivity index (χ4n) is 4.77. The summed E-state index contributed by atoms with van der Waals surface area (Å²) in [7, 11) is 2.51. The summed E-state index contributed by atoms with van der Waals surface area (Å²) in [6, 6.07) is 5.64. The van der Waals surface area contributed by atoms with Crippen LogP contribution in [0.2, 0.25) is 0 Å². The number of hydrogen-bond donors (Lipinski definition) is 0. The van der Waals surface area contributed by atoms with Crippen molar-refractivity contribution in [1.29, 1.82) is 0 Å². The maximum Gasteiger partial charge on any atom is 0.191 e. The predicted octanol–water partition coefficient (Wildman–Crippen LogP) is 9.32. The molecule has 0 saturated heterocycles. The first-order valence-corrected chi connectivity index (χ1v) is 14.9. The van der Waals surface area contributed by atoms with Gasteiger partial charge in [-0.3, -0.25) is 4.79 Å². The van der Waals surface area contributed by atoms with Crippen LogP contribution in [-0.2, 0) is 0 Å². The minimum absolute atomic E-state index is 0.246. The lowest BCUT2D eigenvalue weighted by Crippen LogP contribution is -2.16. The third-order valence-electron chi connectivity index (χ3n) is 6.20. The number of benzene rings is 1. The minimum atomic E-state index is -0.768. The zero-order chi connectivity index (χ0) is 24.7. The smallest absolute Gasteiger partial charge is 0.191 e. The molecule has 0 radical (unpaired) electrons. The van der Waals surface area contributed by atoms with E-state index in [4.69, 9.17) is 9.47 Å². The second-order valence-electron chi connectivity index (χ2n) is 10.8. The first kappa shape index (κ1) is 30.0. The zero-order valence-corrected chi connectivity index (χ0v) is 23.6. The lowest BCUT2D eigenvalue weighted by Gasteiger charge is -2.27. The Morgan fingerprint density at radius 1 is 0.879 bits per heavy atom. The molecule has 33 heavy (non-hydrogen) atoms. The first-order valence-electron chi connectivity index (χ1n) is 13.2. The normalized spacial score (nSPS) is 13.5. The van der Waals surface area contributed by atoms with Crippen LogP contribution in [0.1, 0.15) is 116 Å². The van der Waals surface area contributed by atoms with Crippen molar-refractivity contribution in [2.24, 2.45) is 11.3 Å². The van der Waals surface area contributed by atoms with E-state index in [0.717, 1.165) is 25.2 Å². The van der Waals surface area contributed by atoms with Crippen molar-refractivity contribution in [2.75, 3.05) is 26.5 Å². The molecule has 0 aliphatic heterocycles. The number of ether oxygens (including phenoxy) is 2. The zero-order valence-electron chi connectivity index (χ0n) is 22.7. The van der Waals surface area contributed by atoms with E-state index in [0.29, 0.717) is 23.0 Å². The molecule has 1 aromatic carbocycles. The van der Waals surface area contributed by atoms with Gasteiger partial charge in [-0.2, -0.15) is 0 Å². The van der Waals surface area contributed by atoms with Crippen LogP contribution in [0.4, 0.5) is 0 Å². The lowest BCUT2D eigenvalue weighted by atomic mass is 9.86. The van der Waals surface area contributed by atoms with Crippen molar-refractivity contribution in [3.05, 3.63) is 23.8 Å². The highest BCUT2D eigenvalue weighted by atomic mass is 31.1. The largest absolute Gasteiger partial charge is 0.496 e. The summed E-state index contributed by atoms with van der Waals surface area (Å²) in [5.74, 6) is 1.81. The summed E-state index contributed by atoms with van der Waals surface area (Å²) >= 11 is 0. The second kappa shape index (κ2) is 16.5. The number of methoxy groups -OCH3 is 2. The van der Waals surface area contributed by atoms with E-state index in [1.54, 1.807) is 14.2 Å². The van der Waals surface area contributed by atoms with Gasteiger partial charge in [-0.1, -0.05) is 98.5 Å². The van der Waals surface area contributed by atoms with Crippen molar-refractivity contribution in [2.45, 2.75) is 105 Å². The van der Waals surface area contributed by atoms with E-state index in [1.165, 1.54) is 57.8 Å². The van der Waals surface area contributed by atoms with E-state index in [9.17, 15) is 4.79 Å². The van der Waals surface area contributed by atoms with Gasteiger partial charge in [-0.25, -0.2) is 0 Å². The van der Waals surface area contributed by atoms with Crippen LogP contribution in [0, 0.1) is 11.3 Å². The van der Waals surface area contributed by atoms with Gasteiger partial charge in [0.15, 0.2) is 5.52 Å². The molecule has 0 bridgehead atoms. The summed E-state index contributed by atoms with van der Waals surface area (Å²) in [5, 5.41) is 0. The Labute approximate surface area is 206 Å². The van der Waals surface area contributed by atoms with Crippen LogP contribution in [0.15, 0.2) is 18.2 Å². The van der Waals surface area contributed by atoms with E-state index in [2.05, 4.69) is 34.6 Å². The Hall–Kier alpha value is -1.08. The molecule has 0 aliphatic rings. The van der Waals surface area contributed by atoms with Gasteiger partial charge in [-0.05, 0) is 56.6 Å². The third kappa shape index (κ3) is 12.3. The van der Waals surface area contributed by atoms with Crippen LogP contribution < -0.4 is 9.47 Å². The Balaban J connectivity index is 2.72. The number of unbranched alkanes of at least 4 members (excludes halogenated alkanes) is 9. The molecule has 0 amide bonds. The molecule has 1 aromatic rings. The standard InChI is InChI=1S/C29H51O3P/c1-8-9-10-11-12-13-14-15-16-17-21-33(23-24(2)22-29(3,4)5)28(30)27-25(31-6)19-18-20-26(27)32-7/h18-20,24H,8-17,21-23H2,1-7H3. The van der Waals surface area contributed by atoms with Gasteiger partial charge in [-0.15, -0.1) is 0 Å². The summed E-state index contributed by atoms with van der Waals surface area (Å²) < 4.78 is 11.1. The maximum atomic E-state index is 13.8. The van der Waals surface area contributed by atoms with Crippen molar-refractivity contribution in [3.63, 3.8) is 0 Å². The molecule has 1 rings (SSSR count). The van der Waals surface area contributed by atoms with Crippen molar-refractivity contribution in [1.82, 2.24) is 0 Å². The van der Waals surface area contributed by atoms with Gasteiger partial charge < -0.3 is 9.47 Å². The lowest BCUT2D eigenvalue weighted by molar-refractivity contribution is 0.107. The molecule has 0 spiro atoms. The van der Waals surface area contributed by atoms with Crippen LogP contribution in [0.25, 0.3) is 0 Å². The molecule has 0 aromatic heterocycles. The van der Waals surface area contributed by atoms with Gasteiger partial charge in [0.25, 0.3) is 0 Å². The van der Waals surface area contributed by atoms with Crippen LogP contribution in [0.3, 0.4) is 0 Å². The van der Waals surface area contributed by atoms with Crippen molar-refractivity contribution in [3.8, 4) is 11.5 Å². The van der Waals surface area contributed by atoms with E-state index in [1.807, 2.05) is 18.2 Å². The highest BCUT2D eigenvalue weighted by Crippen LogP contribution is 2.48. The van der Waals surface area contributed by atoms with Gasteiger partial charge in [0, 0.05) is 0 Å². The number of carbonyl (C=O) groups excluding carboxylic acids is 1. The molecular weight excluding hydrogens is 427 g/mol. The topological polar surface area (TPSA) is 35.5 Å². The number of rotatable bonds is 18. The molecule has 2 atom stereocenters. The molecule has 3 nitrogen and oxygen atoms in total. The van der Waals surface area contributed by atoms with Gasteiger partial charge >= 0.3 is 0 Å². The molecular formula is C29H51O3P. The SMILES string of the molecule is CCCCCCCCCCCCP(CC(C)CC(C)(C)C)C(=O)c1c(OC)cccc1OC. The second-order valence-corrected chi connectivity index (χ2v) is 13.1. The molecule has 2 unspecified atom stereocenters. The summed E-state index contributed by atoms with van der Waals surface area (Å²) in [4.78, 5) is 13.8. The molecule has 0 heterocycles. The first-order chi connectivity index (χ1) is 15.7. The molecule has 0 N–H and O–H groups in total. The highest BCUT2D eigenvalue weighted by molar-refractivity contribution is 7.75. The van der Waals surface area contributed by atoms with Gasteiger partial charge in [0.2, 0.25) is 0 Å². The maximum absolute atomic E-state index is 13.8. The fraction of sp³-hybridized carbons (Fsp3) is 0.759. The summed E-state index contributed by atoms with van der Waals surface area (Å²) in [6.07, 6.45) is 16.4. The average Bonchev–Trinajstić information content (AvgIpc) is 2.77. The number of carbonyl (C=O) groups is 1. The molecule has 0 aliphatic carbocycles. The predicted molar refractivity (Wildman–Crippen MR) is 146 cm³/mol. The summed E-state index contributed by atoms with van der Waals surface area (Å²) in [5.41, 5.74) is 1.17. The molecule has 0 fully saturated rings. The van der Waals surface area contributed by atoms with E-state index < -0.39 is 7.92 Å². The minimum Gasteiger partial charge on any atom is -0.496 e. The van der Waals surface area contributed by atoms with Crippen LogP contribution in [-0.4, -0.2) is 32.1 Å². The molecule has 0 saturated carbocycles. The van der Waals surface area contributed by atoms with Gasteiger partial charge in [0.05, 0.1) is 14.2 Å². The average molecular weight is 479 g/mol. The van der Waals surface area contributed by atoms with Gasteiger partial charge in [0.1, 0.15) is 17.1 Å². The van der Waals surface area contributed by atoms with E-state index >= 15 is 0 Å². The summed E-state index contributed by atoms with van der Waals surface area (Å²) in [6.45, 7) is 11.5. The molecule has 4 heteroatoms. The Bertz CT molecular complexity index is 643. The quantitative estimate of drug-likeness (QED) is 0.156.